The minimum absolute atomic E-state index is 0.0813. The van der Waals surface area contributed by atoms with Gasteiger partial charge in [-0.15, -0.1) is 0 Å². The summed E-state index contributed by atoms with van der Waals surface area (Å²) in [6.07, 6.45) is 7.03. The number of carbonyl (C=O) groups is 3. The highest BCUT2D eigenvalue weighted by atomic mass is 32.2. The van der Waals surface area contributed by atoms with Gasteiger partial charge in [0.15, 0.2) is 0 Å². The van der Waals surface area contributed by atoms with Crippen molar-refractivity contribution in [3.8, 4) is 0 Å². The molecule has 0 aromatic heterocycles. The number of allylic oxidation sites excluding steroid dienone is 1. The Hall–Kier alpha value is -3.96. The molecule has 0 aliphatic carbocycles. The lowest BCUT2D eigenvalue weighted by Gasteiger charge is -2.26. The summed E-state index contributed by atoms with van der Waals surface area (Å²) in [5.74, 6) is -1.46. The standard InChI is InChI=1S/C30H36N4O6S/c1-22-12-14-25(15-13-22)41(38,39)34-18-7-11-27(34)29(36)32-26(20-23-8-4-3-5-9-23)30(37)40-19-16-31-28(35)24-10-6-17-33(2)21-24/h3-6,8-9,12-15,17,21,26-27H,7,10-11,16,18-20H2,1-2H3,(H,31,35)(H,32,36)/t26-,27-/m0/s1. The number of hydrogen-bond donors (Lipinski definition) is 2. The molecular formula is C30H36N4O6S. The van der Waals surface area contributed by atoms with Crippen molar-refractivity contribution in [3.63, 3.8) is 0 Å². The molecule has 1 saturated heterocycles. The molecule has 0 radical (unpaired) electrons. The first-order chi connectivity index (χ1) is 19.6. The third kappa shape index (κ3) is 7.83. The Bertz CT molecular complexity index is 1410. The maximum absolute atomic E-state index is 13.4. The Morgan fingerprint density at radius 1 is 1.07 bits per heavy atom. The van der Waals surface area contributed by atoms with Crippen LogP contribution in [-0.4, -0.2) is 74.2 Å². The summed E-state index contributed by atoms with van der Waals surface area (Å²) in [7, 11) is -2.07. The molecule has 0 saturated carbocycles. The lowest BCUT2D eigenvalue weighted by atomic mass is 10.1. The van der Waals surface area contributed by atoms with Crippen molar-refractivity contribution in [1.29, 1.82) is 0 Å². The number of esters is 1. The molecule has 0 unspecified atom stereocenters. The molecule has 218 valence electrons. The second-order valence-electron chi connectivity index (χ2n) is 10.2. The van der Waals surface area contributed by atoms with Crippen LogP contribution in [-0.2, 0) is 35.6 Å². The summed E-state index contributed by atoms with van der Waals surface area (Å²) < 4.78 is 33.3. The first-order valence-electron chi connectivity index (χ1n) is 13.6. The van der Waals surface area contributed by atoms with E-state index in [9.17, 15) is 22.8 Å². The lowest BCUT2D eigenvalue weighted by Crippen LogP contribution is -2.52. The fourth-order valence-electron chi connectivity index (χ4n) is 4.82. The molecule has 1 fully saturated rings. The fraction of sp³-hybridized carbons (Fsp3) is 0.367. The van der Waals surface area contributed by atoms with Crippen LogP contribution in [0, 0.1) is 6.92 Å². The first-order valence-corrected chi connectivity index (χ1v) is 15.1. The van der Waals surface area contributed by atoms with E-state index in [1.165, 1.54) is 16.4 Å². The van der Waals surface area contributed by atoms with Crippen LogP contribution >= 0.6 is 0 Å². The van der Waals surface area contributed by atoms with E-state index in [1.54, 1.807) is 23.2 Å². The smallest absolute Gasteiger partial charge is 0.329 e. The molecule has 0 spiro atoms. The van der Waals surface area contributed by atoms with Gasteiger partial charge in [-0.1, -0.05) is 54.1 Å². The average Bonchev–Trinajstić information content (AvgIpc) is 3.47. The number of hydrogen-bond acceptors (Lipinski definition) is 7. The quantitative estimate of drug-likeness (QED) is 0.309. The third-order valence-electron chi connectivity index (χ3n) is 6.98. The SMILES string of the molecule is Cc1ccc(S(=O)(=O)N2CCC[C@H]2C(=O)N[C@@H](Cc2ccccc2)C(=O)OCCNC(=O)C2=CN(C)C=CC2)cc1. The van der Waals surface area contributed by atoms with Gasteiger partial charge in [-0.25, -0.2) is 13.2 Å². The highest BCUT2D eigenvalue weighted by Crippen LogP contribution is 2.26. The molecule has 2 aliphatic rings. The van der Waals surface area contributed by atoms with E-state index >= 15 is 0 Å². The Morgan fingerprint density at radius 3 is 2.51 bits per heavy atom. The largest absolute Gasteiger partial charge is 0.462 e. The number of nitrogens with one attached hydrogen (secondary N) is 2. The van der Waals surface area contributed by atoms with E-state index in [-0.39, 0.29) is 36.9 Å². The Kier molecular flexibility index (Phi) is 9.95. The second-order valence-corrected chi connectivity index (χ2v) is 12.1. The van der Waals surface area contributed by atoms with E-state index in [0.29, 0.717) is 24.8 Å². The molecule has 2 atom stereocenters. The molecule has 2 aromatic rings. The van der Waals surface area contributed by atoms with Crippen LogP contribution in [0.3, 0.4) is 0 Å². The third-order valence-corrected chi connectivity index (χ3v) is 8.90. The highest BCUT2D eigenvalue weighted by molar-refractivity contribution is 7.89. The monoisotopic (exact) mass is 580 g/mol. The maximum Gasteiger partial charge on any atom is 0.329 e. The Morgan fingerprint density at radius 2 is 1.80 bits per heavy atom. The van der Waals surface area contributed by atoms with Crippen LogP contribution in [0.25, 0.3) is 0 Å². The number of aryl methyl sites for hydroxylation is 1. The summed E-state index contributed by atoms with van der Waals surface area (Å²) in [6, 6.07) is 13.7. The number of carbonyl (C=O) groups excluding carboxylic acids is 3. The minimum atomic E-state index is -3.90. The molecule has 10 nitrogen and oxygen atoms in total. The predicted molar refractivity (Wildman–Crippen MR) is 154 cm³/mol. The Labute approximate surface area is 241 Å². The molecule has 2 N–H and O–H groups in total. The molecule has 11 heteroatoms. The number of sulfonamides is 1. The van der Waals surface area contributed by atoms with Gasteiger partial charge < -0.3 is 20.3 Å². The number of nitrogens with zero attached hydrogens (tertiary/aromatic N) is 2. The Balaban J connectivity index is 1.39. The van der Waals surface area contributed by atoms with Gasteiger partial charge in [0, 0.05) is 31.8 Å². The van der Waals surface area contributed by atoms with Crippen molar-refractivity contribution in [2.24, 2.45) is 0 Å². The van der Waals surface area contributed by atoms with Crippen LogP contribution in [0.1, 0.15) is 30.4 Å². The average molecular weight is 581 g/mol. The molecular weight excluding hydrogens is 544 g/mol. The van der Waals surface area contributed by atoms with E-state index in [4.69, 9.17) is 4.74 Å². The van der Waals surface area contributed by atoms with Crippen molar-refractivity contribution in [3.05, 3.63) is 89.8 Å². The predicted octanol–water partition coefficient (Wildman–Crippen LogP) is 2.27. The van der Waals surface area contributed by atoms with Gasteiger partial charge in [0.1, 0.15) is 18.7 Å². The van der Waals surface area contributed by atoms with Crippen LogP contribution in [0.4, 0.5) is 0 Å². The van der Waals surface area contributed by atoms with Gasteiger partial charge in [0.2, 0.25) is 21.8 Å². The molecule has 2 heterocycles. The second kappa shape index (κ2) is 13.6. The highest BCUT2D eigenvalue weighted by Gasteiger charge is 2.40. The number of benzene rings is 2. The zero-order chi connectivity index (χ0) is 29.4. The van der Waals surface area contributed by atoms with Crippen molar-refractivity contribution in [2.45, 2.75) is 49.6 Å². The van der Waals surface area contributed by atoms with Gasteiger partial charge >= 0.3 is 5.97 Å². The van der Waals surface area contributed by atoms with Crippen molar-refractivity contribution < 1.29 is 27.5 Å². The number of amides is 2. The van der Waals surface area contributed by atoms with E-state index in [0.717, 1.165) is 11.1 Å². The maximum atomic E-state index is 13.4. The summed E-state index contributed by atoms with van der Waals surface area (Å²) in [4.78, 5) is 40.8. The van der Waals surface area contributed by atoms with Crippen LogP contribution in [0.5, 0.6) is 0 Å². The topological polar surface area (TPSA) is 125 Å². The van der Waals surface area contributed by atoms with Crippen LogP contribution < -0.4 is 10.6 Å². The van der Waals surface area contributed by atoms with Crippen LogP contribution in [0.15, 0.2) is 83.5 Å². The summed E-state index contributed by atoms with van der Waals surface area (Å²) in [5, 5.41) is 5.49. The molecule has 41 heavy (non-hydrogen) atoms. The van der Waals surface area contributed by atoms with Gasteiger partial charge in [-0.2, -0.15) is 4.31 Å². The van der Waals surface area contributed by atoms with Crippen molar-refractivity contribution in [2.75, 3.05) is 26.7 Å². The summed E-state index contributed by atoms with van der Waals surface area (Å²) >= 11 is 0. The van der Waals surface area contributed by atoms with Gasteiger partial charge in [-0.05, 0) is 50.1 Å². The molecule has 4 rings (SSSR count). The van der Waals surface area contributed by atoms with Gasteiger partial charge in [-0.3, -0.25) is 9.59 Å². The number of rotatable bonds is 11. The summed E-state index contributed by atoms with van der Waals surface area (Å²) in [5.41, 5.74) is 2.33. The van der Waals surface area contributed by atoms with Crippen molar-refractivity contribution >= 4 is 27.8 Å². The van der Waals surface area contributed by atoms with E-state index in [2.05, 4.69) is 10.6 Å². The first kappa shape index (κ1) is 30.0. The fourth-order valence-corrected chi connectivity index (χ4v) is 6.47. The minimum Gasteiger partial charge on any atom is -0.462 e. The number of ether oxygens (including phenoxy) is 1. The van der Waals surface area contributed by atoms with Gasteiger partial charge in [0.05, 0.1) is 11.4 Å². The molecule has 0 bridgehead atoms. The molecule has 2 amide bonds. The lowest BCUT2D eigenvalue weighted by molar-refractivity contribution is -0.148. The van der Waals surface area contributed by atoms with E-state index < -0.39 is 34.0 Å². The zero-order valence-electron chi connectivity index (χ0n) is 23.3. The summed E-state index contributed by atoms with van der Waals surface area (Å²) in [6.45, 7) is 2.10. The van der Waals surface area contributed by atoms with Crippen molar-refractivity contribution in [1.82, 2.24) is 19.8 Å². The molecule has 2 aromatic carbocycles. The normalized spacial score (nSPS) is 18.0. The van der Waals surface area contributed by atoms with E-state index in [1.807, 2.05) is 56.6 Å². The zero-order valence-corrected chi connectivity index (χ0v) is 24.1. The van der Waals surface area contributed by atoms with Gasteiger partial charge in [0.25, 0.3) is 0 Å². The van der Waals surface area contributed by atoms with Crippen LogP contribution in [0.2, 0.25) is 0 Å². The molecule has 2 aliphatic heterocycles.